The van der Waals surface area contributed by atoms with E-state index in [9.17, 15) is 18.6 Å². The van der Waals surface area contributed by atoms with Crippen molar-refractivity contribution in [2.75, 3.05) is 26.2 Å². The van der Waals surface area contributed by atoms with Crippen LogP contribution in [-0.4, -0.2) is 72.3 Å². The summed E-state index contributed by atoms with van der Waals surface area (Å²) in [5.74, 6) is 5.73. The van der Waals surface area contributed by atoms with Crippen molar-refractivity contribution in [1.29, 1.82) is 0 Å². The monoisotopic (exact) mass is 454 g/mol. The first-order valence-corrected chi connectivity index (χ1v) is 12.6. The Morgan fingerprint density at radius 2 is 1.75 bits per heavy atom. The molecule has 0 amide bonds. The van der Waals surface area contributed by atoms with Crippen molar-refractivity contribution in [1.82, 2.24) is 9.21 Å². The quantitative estimate of drug-likeness (QED) is 0.691. The number of fused-ring (bicyclic) bond motifs is 1. The molecule has 7 heteroatoms. The summed E-state index contributed by atoms with van der Waals surface area (Å²) < 4.78 is 28.2. The fourth-order valence-electron chi connectivity index (χ4n) is 4.85. The summed E-state index contributed by atoms with van der Waals surface area (Å²) >= 11 is 0. The molecule has 0 unspecified atom stereocenters. The van der Waals surface area contributed by atoms with Crippen molar-refractivity contribution < 1.29 is 18.6 Å². The Balaban J connectivity index is 1.60. The van der Waals surface area contributed by atoms with Crippen LogP contribution in [0.25, 0.3) is 0 Å². The van der Waals surface area contributed by atoms with Crippen molar-refractivity contribution in [3.05, 3.63) is 65.7 Å². The van der Waals surface area contributed by atoms with Gasteiger partial charge in [-0.1, -0.05) is 42.2 Å². The first kappa shape index (κ1) is 23.0. The minimum Gasteiger partial charge on any atom is -0.395 e. The standard InChI is InChI=1S/C25H30N2O4S/c1-19(29)9-10-20-11-13-21(14-12-20)25-23-17-26(15-5-6-16-27(23)24(25)18-28)32(30,31)22-7-3-2-4-8-22/h2-4,7-8,11-14,19,23-25,28-29H,5-6,15-18H2,1H3/t19-,23-,24-,25-/m1/s1. The second-order valence-corrected chi connectivity index (χ2v) is 10.5. The van der Waals surface area contributed by atoms with Gasteiger partial charge in [-0.15, -0.1) is 0 Å². The number of rotatable bonds is 4. The fraction of sp³-hybridized carbons (Fsp3) is 0.440. The number of aliphatic hydroxyl groups is 2. The van der Waals surface area contributed by atoms with Crippen LogP contribution in [-0.2, 0) is 10.0 Å². The third-order valence-electron chi connectivity index (χ3n) is 6.43. The van der Waals surface area contributed by atoms with Gasteiger partial charge < -0.3 is 10.2 Å². The van der Waals surface area contributed by atoms with E-state index in [-0.39, 0.29) is 24.6 Å². The third kappa shape index (κ3) is 4.61. The molecule has 2 aliphatic heterocycles. The van der Waals surface area contributed by atoms with Gasteiger partial charge in [-0.05, 0) is 56.1 Å². The van der Waals surface area contributed by atoms with Crippen molar-refractivity contribution >= 4 is 10.0 Å². The van der Waals surface area contributed by atoms with Gasteiger partial charge in [0.1, 0.15) is 6.10 Å². The molecule has 2 N–H and O–H groups in total. The average molecular weight is 455 g/mol. The Labute approximate surface area is 190 Å². The van der Waals surface area contributed by atoms with E-state index in [1.54, 1.807) is 35.5 Å². The van der Waals surface area contributed by atoms with Gasteiger partial charge in [0.05, 0.1) is 11.5 Å². The molecule has 0 bridgehead atoms. The van der Waals surface area contributed by atoms with Crippen LogP contribution in [0.1, 0.15) is 36.8 Å². The minimum absolute atomic E-state index is 0.0142. The summed E-state index contributed by atoms with van der Waals surface area (Å²) in [5, 5.41) is 19.5. The van der Waals surface area contributed by atoms with E-state index in [1.807, 2.05) is 30.3 Å². The summed E-state index contributed by atoms with van der Waals surface area (Å²) in [6.07, 6.45) is 1.02. The van der Waals surface area contributed by atoms with E-state index in [2.05, 4.69) is 16.7 Å². The van der Waals surface area contributed by atoms with E-state index >= 15 is 0 Å². The highest BCUT2D eigenvalue weighted by atomic mass is 32.2. The van der Waals surface area contributed by atoms with Crippen LogP contribution in [0.4, 0.5) is 0 Å². The van der Waals surface area contributed by atoms with Crippen molar-refractivity contribution in [2.45, 2.75) is 48.8 Å². The number of hydrogen-bond donors (Lipinski definition) is 2. The molecule has 0 spiro atoms. The normalized spacial score (nSPS) is 25.4. The molecule has 2 aliphatic rings. The smallest absolute Gasteiger partial charge is 0.243 e. The second kappa shape index (κ2) is 9.74. The SMILES string of the molecule is C[C@@H](O)C#Cc1ccc([C@H]2[C@@H](CO)N3CCCCN(S(=O)(=O)c4ccccc4)C[C@H]23)cc1. The summed E-state index contributed by atoms with van der Waals surface area (Å²) in [6, 6.07) is 16.5. The van der Waals surface area contributed by atoms with Crippen molar-refractivity contribution in [3.8, 4) is 11.8 Å². The van der Waals surface area contributed by atoms with Gasteiger partial charge in [0.25, 0.3) is 0 Å². The lowest BCUT2D eigenvalue weighted by Gasteiger charge is -2.57. The summed E-state index contributed by atoms with van der Waals surface area (Å²) in [5.41, 5.74) is 1.89. The molecule has 2 aromatic carbocycles. The van der Waals surface area contributed by atoms with Gasteiger partial charge >= 0.3 is 0 Å². The first-order valence-electron chi connectivity index (χ1n) is 11.1. The van der Waals surface area contributed by atoms with Crippen LogP contribution >= 0.6 is 0 Å². The zero-order valence-electron chi connectivity index (χ0n) is 18.3. The molecular weight excluding hydrogens is 424 g/mol. The average Bonchev–Trinajstić information content (AvgIpc) is 2.78. The second-order valence-electron chi connectivity index (χ2n) is 8.53. The van der Waals surface area contributed by atoms with E-state index in [4.69, 9.17) is 0 Å². The summed E-state index contributed by atoms with van der Waals surface area (Å²) in [6.45, 7) is 3.44. The van der Waals surface area contributed by atoms with E-state index in [0.717, 1.165) is 30.5 Å². The zero-order chi connectivity index (χ0) is 22.7. The molecular formula is C25H30N2O4S. The highest BCUT2D eigenvalue weighted by Gasteiger charge is 2.50. The number of nitrogens with zero attached hydrogens (tertiary/aromatic N) is 2. The van der Waals surface area contributed by atoms with Gasteiger partial charge in [0.2, 0.25) is 10.0 Å². The van der Waals surface area contributed by atoms with Crippen molar-refractivity contribution in [3.63, 3.8) is 0 Å². The minimum atomic E-state index is -3.57. The molecule has 2 fully saturated rings. The molecule has 2 saturated heterocycles. The van der Waals surface area contributed by atoms with Crippen LogP contribution in [0.3, 0.4) is 0 Å². The summed E-state index contributed by atoms with van der Waals surface area (Å²) in [4.78, 5) is 2.58. The van der Waals surface area contributed by atoms with Gasteiger partial charge in [-0.25, -0.2) is 8.42 Å². The molecule has 2 aromatic rings. The lowest BCUT2D eigenvalue weighted by molar-refractivity contribution is -0.0553. The summed E-state index contributed by atoms with van der Waals surface area (Å²) in [7, 11) is -3.57. The molecule has 0 aliphatic carbocycles. The van der Waals surface area contributed by atoms with Gasteiger partial charge in [0, 0.05) is 36.7 Å². The fourth-order valence-corrected chi connectivity index (χ4v) is 6.36. The molecule has 6 nitrogen and oxygen atoms in total. The van der Waals surface area contributed by atoms with E-state index in [1.165, 1.54) is 0 Å². The maximum absolute atomic E-state index is 13.3. The topological polar surface area (TPSA) is 81.1 Å². The van der Waals surface area contributed by atoms with Gasteiger partial charge in [-0.2, -0.15) is 4.31 Å². The van der Waals surface area contributed by atoms with Gasteiger partial charge in [0.15, 0.2) is 0 Å². The Morgan fingerprint density at radius 1 is 1.06 bits per heavy atom. The zero-order valence-corrected chi connectivity index (χ0v) is 19.1. The lowest BCUT2D eigenvalue weighted by Crippen LogP contribution is -2.67. The van der Waals surface area contributed by atoms with Crippen molar-refractivity contribution in [2.24, 2.45) is 0 Å². The molecule has 2 heterocycles. The maximum Gasteiger partial charge on any atom is 0.243 e. The Morgan fingerprint density at radius 3 is 2.41 bits per heavy atom. The molecule has 170 valence electrons. The number of aliphatic hydroxyl groups excluding tert-OH is 2. The highest BCUT2D eigenvalue weighted by Crippen LogP contribution is 2.42. The largest absolute Gasteiger partial charge is 0.395 e. The predicted octanol–water partition coefficient (Wildman–Crippen LogP) is 2.03. The Hall–Kier alpha value is -2.21. The lowest BCUT2D eigenvalue weighted by atomic mass is 9.74. The first-order chi connectivity index (χ1) is 15.4. The maximum atomic E-state index is 13.3. The van der Waals surface area contributed by atoms with Crippen LogP contribution in [0.15, 0.2) is 59.5 Å². The Kier molecular flexibility index (Phi) is 6.99. The van der Waals surface area contributed by atoms with Gasteiger partial charge in [-0.3, -0.25) is 4.90 Å². The molecule has 4 rings (SSSR count). The van der Waals surface area contributed by atoms with Crippen LogP contribution in [0.2, 0.25) is 0 Å². The predicted molar refractivity (Wildman–Crippen MR) is 124 cm³/mol. The van der Waals surface area contributed by atoms with E-state index in [0.29, 0.717) is 18.0 Å². The highest BCUT2D eigenvalue weighted by molar-refractivity contribution is 7.89. The van der Waals surface area contributed by atoms with Crippen LogP contribution in [0.5, 0.6) is 0 Å². The van der Waals surface area contributed by atoms with E-state index < -0.39 is 16.1 Å². The number of hydrogen-bond acceptors (Lipinski definition) is 5. The molecule has 0 saturated carbocycles. The molecule has 4 atom stereocenters. The molecule has 32 heavy (non-hydrogen) atoms. The van der Waals surface area contributed by atoms with Crippen LogP contribution in [0, 0.1) is 11.8 Å². The van der Waals surface area contributed by atoms with Crippen LogP contribution < -0.4 is 0 Å². The number of sulfonamides is 1. The third-order valence-corrected chi connectivity index (χ3v) is 8.31. The molecule has 0 aromatic heterocycles. The molecule has 0 radical (unpaired) electrons. The Bertz CT molecular complexity index is 1070. The number of benzene rings is 2.